The Morgan fingerprint density at radius 2 is 2.37 bits per heavy atom. The van der Waals surface area contributed by atoms with Gasteiger partial charge < -0.3 is 10.1 Å². The second-order valence-corrected chi connectivity index (χ2v) is 6.05. The predicted molar refractivity (Wildman–Crippen MR) is 78.9 cm³/mol. The molecule has 1 aliphatic rings. The molecule has 2 rings (SSSR count). The molecular formula is C15H21BrFNO. The van der Waals surface area contributed by atoms with Crippen molar-refractivity contribution >= 4 is 15.9 Å². The third-order valence-electron chi connectivity index (χ3n) is 3.75. The maximum absolute atomic E-state index is 13.8. The highest BCUT2D eigenvalue weighted by molar-refractivity contribution is 9.10. The van der Waals surface area contributed by atoms with E-state index in [1.54, 1.807) is 0 Å². The van der Waals surface area contributed by atoms with Crippen molar-refractivity contribution in [3.05, 3.63) is 34.1 Å². The molecule has 4 heteroatoms. The summed E-state index contributed by atoms with van der Waals surface area (Å²) in [4.78, 5) is 0. The van der Waals surface area contributed by atoms with Gasteiger partial charge in [-0.05, 0) is 56.8 Å². The first-order chi connectivity index (χ1) is 9.19. The van der Waals surface area contributed by atoms with E-state index in [0.717, 1.165) is 35.9 Å². The molecule has 1 aromatic carbocycles. The van der Waals surface area contributed by atoms with Crippen LogP contribution in [0.1, 0.15) is 31.2 Å². The Morgan fingerprint density at radius 1 is 1.53 bits per heavy atom. The topological polar surface area (TPSA) is 21.3 Å². The Kier molecular flexibility index (Phi) is 5.79. The minimum absolute atomic E-state index is 0.133. The molecule has 1 fully saturated rings. The SMILES string of the molecule is CNC(CCC1CCCO1)Cc1ccc(Br)cc1F. The number of rotatable bonds is 6. The first-order valence-corrected chi connectivity index (χ1v) is 7.71. The number of nitrogens with one attached hydrogen (secondary N) is 1. The summed E-state index contributed by atoms with van der Waals surface area (Å²) in [5.41, 5.74) is 0.773. The fraction of sp³-hybridized carbons (Fsp3) is 0.600. The van der Waals surface area contributed by atoms with Crippen molar-refractivity contribution < 1.29 is 9.13 Å². The normalized spacial score (nSPS) is 20.7. The monoisotopic (exact) mass is 329 g/mol. The quantitative estimate of drug-likeness (QED) is 0.859. The average molecular weight is 330 g/mol. The Labute approximate surface area is 122 Å². The van der Waals surface area contributed by atoms with Crippen LogP contribution in [0.4, 0.5) is 4.39 Å². The van der Waals surface area contributed by atoms with Gasteiger partial charge in [0.05, 0.1) is 6.10 Å². The molecule has 2 atom stereocenters. The van der Waals surface area contributed by atoms with Crippen molar-refractivity contribution in [2.45, 2.75) is 44.2 Å². The van der Waals surface area contributed by atoms with E-state index >= 15 is 0 Å². The third-order valence-corrected chi connectivity index (χ3v) is 4.24. The van der Waals surface area contributed by atoms with E-state index in [2.05, 4.69) is 21.2 Å². The van der Waals surface area contributed by atoms with Crippen LogP contribution in [-0.4, -0.2) is 25.8 Å². The maximum Gasteiger partial charge on any atom is 0.127 e. The molecular weight excluding hydrogens is 309 g/mol. The molecule has 1 aliphatic heterocycles. The van der Waals surface area contributed by atoms with E-state index < -0.39 is 0 Å². The van der Waals surface area contributed by atoms with Gasteiger partial charge in [-0.2, -0.15) is 0 Å². The summed E-state index contributed by atoms with van der Waals surface area (Å²) >= 11 is 3.28. The number of benzene rings is 1. The second kappa shape index (κ2) is 7.36. The molecule has 1 saturated heterocycles. The lowest BCUT2D eigenvalue weighted by Gasteiger charge is -2.18. The van der Waals surface area contributed by atoms with Gasteiger partial charge >= 0.3 is 0 Å². The van der Waals surface area contributed by atoms with Crippen LogP contribution in [0, 0.1) is 5.82 Å². The van der Waals surface area contributed by atoms with Crippen molar-refractivity contribution in [3.63, 3.8) is 0 Å². The third kappa shape index (κ3) is 4.55. The molecule has 0 amide bonds. The van der Waals surface area contributed by atoms with E-state index in [1.165, 1.54) is 18.9 Å². The van der Waals surface area contributed by atoms with Gasteiger partial charge in [-0.3, -0.25) is 0 Å². The van der Waals surface area contributed by atoms with Crippen LogP contribution < -0.4 is 5.32 Å². The van der Waals surface area contributed by atoms with Gasteiger partial charge in [0.2, 0.25) is 0 Å². The minimum Gasteiger partial charge on any atom is -0.378 e. The number of ether oxygens (including phenoxy) is 1. The van der Waals surface area contributed by atoms with Gasteiger partial charge in [-0.15, -0.1) is 0 Å². The smallest absolute Gasteiger partial charge is 0.127 e. The lowest BCUT2D eigenvalue weighted by atomic mass is 9.99. The van der Waals surface area contributed by atoms with Crippen molar-refractivity contribution in [2.24, 2.45) is 0 Å². The standard InChI is InChI=1S/C15H21BrFNO/c1-18-13(6-7-14-3-2-8-19-14)9-11-4-5-12(16)10-15(11)17/h4-5,10,13-14,18H,2-3,6-9H2,1H3. The summed E-state index contributed by atoms with van der Waals surface area (Å²) in [6, 6.07) is 5.59. The summed E-state index contributed by atoms with van der Waals surface area (Å²) in [6.07, 6.45) is 5.56. The largest absolute Gasteiger partial charge is 0.378 e. The molecule has 2 nitrogen and oxygen atoms in total. The van der Waals surface area contributed by atoms with Crippen LogP contribution in [0.5, 0.6) is 0 Å². The maximum atomic E-state index is 13.8. The van der Waals surface area contributed by atoms with Crippen LogP contribution in [0.15, 0.2) is 22.7 Å². The fourth-order valence-corrected chi connectivity index (χ4v) is 2.89. The van der Waals surface area contributed by atoms with Crippen LogP contribution in [0.25, 0.3) is 0 Å². The zero-order valence-corrected chi connectivity index (χ0v) is 12.9. The molecule has 0 bridgehead atoms. The second-order valence-electron chi connectivity index (χ2n) is 5.14. The first-order valence-electron chi connectivity index (χ1n) is 6.92. The van der Waals surface area contributed by atoms with Gasteiger partial charge in [0, 0.05) is 17.1 Å². The molecule has 1 aromatic rings. The Balaban J connectivity index is 1.86. The van der Waals surface area contributed by atoms with E-state index in [9.17, 15) is 4.39 Å². The number of halogens is 2. The fourth-order valence-electron chi connectivity index (χ4n) is 2.56. The molecule has 0 radical (unpaired) electrons. The van der Waals surface area contributed by atoms with Crippen molar-refractivity contribution in [1.29, 1.82) is 0 Å². The molecule has 1 heterocycles. The van der Waals surface area contributed by atoms with E-state index in [-0.39, 0.29) is 5.82 Å². The van der Waals surface area contributed by atoms with E-state index in [0.29, 0.717) is 12.1 Å². The summed E-state index contributed by atoms with van der Waals surface area (Å²) < 4.78 is 20.2. The van der Waals surface area contributed by atoms with Crippen molar-refractivity contribution in [2.75, 3.05) is 13.7 Å². The summed E-state index contributed by atoms with van der Waals surface area (Å²) in [5.74, 6) is -0.133. The number of likely N-dealkylation sites (N-methyl/N-ethyl adjacent to an activating group) is 1. The highest BCUT2D eigenvalue weighted by Crippen LogP contribution is 2.20. The zero-order chi connectivity index (χ0) is 13.7. The Bertz CT molecular complexity index is 407. The van der Waals surface area contributed by atoms with Crippen LogP contribution >= 0.6 is 15.9 Å². The molecule has 0 aromatic heterocycles. The lowest BCUT2D eigenvalue weighted by Crippen LogP contribution is -2.29. The van der Waals surface area contributed by atoms with Gasteiger partial charge in [0.25, 0.3) is 0 Å². The molecule has 106 valence electrons. The van der Waals surface area contributed by atoms with Crippen molar-refractivity contribution in [3.8, 4) is 0 Å². The number of hydrogen-bond donors (Lipinski definition) is 1. The summed E-state index contributed by atoms with van der Waals surface area (Å²) in [6.45, 7) is 0.899. The van der Waals surface area contributed by atoms with Crippen LogP contribution in [0.3, 0.4) is 0 Å². The number of hydrogen-bond acceptors (Lipinski definition) is 2. The van der Waals surface area contributed by atoms with Crippen molar-refractivity contribution in [1.82, 2.24) is 5.32 Å². The molecule has 19 heavy (non-hydrogen) atoms. The molecule has 0 aliphatic carbocycles. The summed E-state index contributed by atoms with van der Waals surface area (Å²) in [5, 5.41) is 3.28. The lowest BCUT2D eigenvalue weighted by molar-refractivity contribution is 0.0998. The zero-order valence-electron chi connectivity index (χ0n) is 11.3. The highest BCUT2D eigenvalue weighted by atomic mass is 79.9. The van der Waals surface area contributed by atoms with Gasteiger partial charge in [-0.25, -0.2) is 4.39 Å². The first kappa shape index (κ1) is 14.9. The molecule has 0 spiro atoms. The Morgan fingerprint density at radius 3 is 3.00 bits per heavy atom. The highest BCUT2D eigenvalue weighted by Gasteiger charge is 2.18. The molecule has 1 N–H and O–H groups in total. The minimum atomic E-state index is -0.133. The summed E-state index contributed by atoms with van der Waals surface area (Å²) in [7, 11) is 1.94. The van der Waals surface area contributed by atoms with E-state index in [4.69, 9.17) is 4.74 Å². The average Bonchev–Trinajstić information content (AvgIpc) is 2.90. The molecule has 2 unspecified atom stereocenters. The Hall–Kier alpha value is -0.450. The predicted octanol–water partition coefficient (Wildman–Crippen LogP) is 3.68. The van der Waals surface area contributed by atoms with Gasteiger partial charge in [0.1, 0.15) is 5.82 Å². The van der Waals surface area contributed by atoms with Crippen LogP contribution in [-0.2, 0) is 11.2 Å². The van der Waals surface area contributed by atoms with Gasteiger partial charge in [-0.1, -0.05) is 22.0 Å². The molecule has 0 saturated carbocycles. The van der Waals surface area contributed by atoms with Crippen LogP contribution in [0.2, 0.25) is 0 Å². The van der Waals surface area contributed by atoms with Gasteiger partial charge in [0.15, 0.2) is 0 Å². The van der Waals surface area contributed by atoms with E-state index in [1.807, 2.05) is 19.2 Å².